The monoisotopic (exact) mass is 273 g/mol. The molecular weight excluding hydrogens is 250 g/mol. The van der Waals surface area contributed by atoms with E-state index in [4.69, 9.17) is 10.5 Å². The number of hydrogen-bond donors (Lipinski definition) is 2. The lowest BCUT2D eigenvalue weighted by Crippen LogP contribution is -2.33. The smallest absolute Gasteiger partial charge is 0.0797 e. The van der Waals surface area contributed by atoms with Crippen LogP contribution >= 0.6 is 0 Å². The Labute approximate surface area is 120 Å². The number of nitrogens with zero attached hydrogens (tertiary/aromatic N) is 1. The van der Waals surface area contributed by atoms with Crippen molar-refractivity contribution in [3.63, 3.8) is 0 Å². The lowest BCUT2D eigenvalue weighted by molar-refractivity contribution is 0.000716. The summed E-state index contributed by atoms with van der Waals surface area (Å²) in [6.07, 6.45) is 0. The molecule has 20 heavy (non-hydrogen) atoms. The highest BCUT2D eigenvalue weighted by molar-refractivity contribution is 5.93. The van der Waals surface area contributed by atoms with Gasteiger partial charge in [0.25, 0.3) is 0 Å². The summed E-state index contributed by atoms with van der Waals surface area (Å²) in [5.41, 5.74) is 9.40. The third kappa shape index (κ3) is 3.39. The summed E-state index contributed by atoms with van der Waals surface area (Å²) < 4.78 is 5.71. The highest BCUT2D eigenvalue weighted by Gasteiger charge is 2.17. The molecule has 1 aromatic carbocycles. The summed E-state index contributed by atoms with van der Waals surface area (Å²) in [4.78, 5) is 4.53. The maximum Gasteiger partial charge on any atom is 0.0797 e. The van der Waals surface area contributed by atoms with Crippen LogP contribution in [-0.2, 0) is 4.74 Å². The van der Waals surface area contributed by atoms with Crippen molar-refractivity contribution in [1.82, 2.24) is 4.98 Å². The fraction of sp³-hybridized carbons (Fsp3) is 0.438. The van der Waals surface area contributed by atoms with Crippen molar-refractivity contribution in [2.75, 3.05) is 24.2 Å². The van der Waals surface area contributed by atoms with Crippen molar-refractivity contribution >= 4 is 22.3 Å². The van der Waals surface area contributed by atoms with Crippen LogP contribution in [0, 0.1) is 6.92 Å². The van der Waals surface area contributed by atoms with Crippen LogP contribution in [0.2, 0.25) is 0 Å². The fourth-order valence-electron chi connectivity index (χ4n) is 2.27. The highest BCUT2D eigenvalue weighted by Crippen LogP contribution is 2.26. The Morgan fingerprint density at radius 3 is 2.75 bits per heavy atom. The van der Waals surface area contributed by atoms with Gasteiger partial charge in [0.1, 0.15) is 0 Å². The maximum atomic E-state index is 5.88. The number of aryl methyl sites for hydroxylation is 1. The molecule has 0 aliphatic heterocycles. The second-order valence-electron chi connectivity index (χ2n) is 5.63. The number of pyridine rings is 1. The van der Waals surface area contributed by atoms with Crippen molar-refractivity contribution in [2.24, 2.45) is 0 Å². The van der Waals surface area contributed by atoms with E-state index in [0.29, 0.717) is 6.61 Å². The van der Waals surface area contributed by atoms with Gasteiger partial charge in [0.15, 0.2) is 0 Å². The van der Waals surface area contributed by atoms with E-state index in [2.05, 4.69) is 24.1 Å². The number of nitrogens with two attached hydrogens (primary N) is 1. The number of nitrogen functional groups attached to an aromatic ring is 1. The third-order valence-electron chi connectivity index (χ3n) is 3.20. The van der Waals surface area contributed by atoms with E-state index in [1.807, 2.05) is 38.1 Å². The molecule has 0 unspecified atom stereocenters. The SMILES string of the molecule is CCOC(C)(C)CNc1cc(C)nc2ccc(N)cc12. The summed E-state index contributed by atoms with van der Waals surface area (Å²) in [5, 5.41) is 4.50. The van der Waals surface area contributed by atoms with E-state index < -0.39 is 0 Å². The van der Waals surface area contributed by atoms with E-state index in [-0.39, 0.29) is 5.60 Å². The molecule has 0 aliphatic rings. The predicted octanol–water partition coefficient (Wildman–Crippen LogP) is 3.35. The predicted molar refractivity (Wildman–Crippen MR) is 85.1 cm³/mol. The first kappa shape index (κ1) is 14.6. The second kappa shape index (κ2) is 5.67. The molecule has 0 aliphatic carbocycles. The van der Waals surface area contributed by atoms with Gasteiger partial charge in [-0.1, -0.05) is 0 Å². The largest absolute Gasteiger partial charge is 0.399 e. The number of rotatable bonds is 5. The molecule has 0 bridgehead atoms. The summed E-state index contributed by atoms with van der Waals surface area (Å²) in [6.45, 7) is 9.59. The van der Waals surface area contributed by atoms with Crippen molar-refractivity contribution in [3.8, 4) is 0 Å². The van der Waals surface area contributed by atoms with Gasteiger partial charge in [-0.3, -0.25) is 4.98 Å². The topological polar surface area (TPSA) is 60.2 Å². The Kier molecular flexibility index (Phi) is 4.14. The number of hydrogen-bond acceptors (Lipinski definition) is 4. The van der Waals surface area contributed by atoms with Crippen LogP contribution in [0.5, 0.6) is 0 Å². The van der Waals surface area contributed by atoms with E-state index in [0.717, 1.165) is 34.5 Å². The van der Waals surface area contributed by atoms with Gasteiger partial charge >= 0.3 is 0 Å². The number of anilines is 2. The number of ether oxygens (including phenoxy) is 1. The third-order valence-corrected chi connectivity index (χ3v) is 3.20. The van der Waals surface area contributed by atoms with E-state index in [1.165, 1.54) is 0 Å². The minimum absolute atomic E-state index is 0.210. The van der Waals surface area contributed by atoms with Gasteiger partial charge in [0.05, 0.1) is 11.1 Å². The molecule has 1 heterocycles. The number of fused-ring (bicyclic) bond motifs is 1. The van der Waals surface area contributed by atoms with Gasteiger partial charge in [0.2, 0.25) is 0 Å². The molecule has 2 rings (SSSR count). The van der Waals surface area contributed by atoms with Crippen LogP contribution in [0.25, 0.3) is 10.9 Å². The number of aromatic nitrogens is 1. The second-order valence-corrected chi connectivity index (χ2v) is 5.63. The minimum atomic E-state index is -0.210. The van der Waals surface area contributed by atoms with Crippen LogP contribution in [0.4, 0.5) is 11.4 Å². The molecule has 4 nitrogen and oxygen atoms in total. The molecule has 0 spiro atoms. The lowest BCUT2D eigenvalue weighted by Gasteiger charge is -2.26. The molecule has 2 aromatic rings. The first-order valence-electron chi connectivity index (χ1n) is 6.96. The summed E-state index contributed by atoms with van der Waals surface area (Å²) in [7, 11) is 0. The highest BCUT2D eigenvalue weighted by atomic mass is 16.5. The average molecular weight is 273 g/mol. The Morgan fingerprint density at radius 1 is 1.30 bits per heavy atom. The molecule has 0 amide bonds. The lowest BCUT2D eigenvalue weighted by atomic mass is 10.1. The zero-order valence-corrected chi connectivity index (χ0v) is 12.7. The van der Waals surface area contributed by atoms with E-state index in [1.54, 1.807) is 0 Å². The first-order valence-corrected chi connectivity index (χ1v) is 6.96. The molecule has 3 N–H and O–H groups in total. The minimum Gasteiger partial charge on any atom is -0.399 e. The van der Waals surface area contributed by atoms with Gasteiger partial charge in [-0.25, -0.2) is 0 Å². The van der Waals surface area contributed by atoms with Gasteiger partial charge in [-0.05, 0) is 52.0 Å². The fourth-order valence-corrected chi connectivity index (χ4v) is 2.27. The van der Waals surface area contributed by atoms with Gasteiger partial charge in [0, 0.05) is 35.6 Å². The van der Waals surface area contributed by atoms with Gasteiger partial charge < -0.3 is 15.8 Å². The number of nitrogens with one attached hydrogen (secondary N) is 1. The molecule has 4 heteroatoms. The van der Waals surface area contributed by atoms with Crippen LogP contribution in [0.15, 0.2) is 24.3 Å². The van der Waals surface area contributed by atoms with Crippen LogP contribution in [0.1, 0.15) is 26.5 Å². The maximum absolute atomic E-state index is 5.88. The summed E-state index contributed by atoms with van der Waals surface area (Å²) in [6, 6.07) is 7.83. The Hall–Kier alpha value is -1.81. The van der Waals surface area contributed by atoms with Gasteiger partial charge in [-0.2, -0.15) is 0 Å². The summed E-state index contributed by atoms with van der Waals surface area (Å²) >= 11 is 0. The molecule has 0 saturated heterocycles. The first-order chi connectivity index (χ1) is 9.41. The number of benzene rings is 1. The molecule has 1 aromatic heterocycles. The Morgan fingerprint density at radius 2 is 2.05 bits per heavy atom. The van der Waals surface area contributed by atoms with Crippen molar-refractivity contribution in [2.45, 2.75) is 33.3 Å². The van der Waals surface area contributed by atoms with Crippen molar-refractivity contribution < 1.29 is 4.74 Å². The summed E-state index contributed by atoms with van der Waals surface area (Å²) in [5.74, 6) is 0. The molecule has 0 saturated carbocycles. The molecule has 0 atom stereocenters. The molecule has 0 radical (unpaired) electrons. The van der Waals surface area contributed by atoms with Crippen LogP contribution in [0.3, 0.4) is 0 Å². The normalized spacial score (nSPS) is 11.8. The van der Waals surface area contributed by atoms with Crippen LogP contribution in [-0.4, -0.2) is 23.7 Å². The van der Waals surface area contributed by atoms with E-state index in [9.17, 15) is 0 Å². The quantitative estimate of drug-likeness (QED) is 0.820. The zero-order chi connectivity index (χ0) is 14.8. The Balaban J connectivity index is 2.31. The Bertz CT molecular complexity index is 608. The van der Waals surface area contributed by atoms with Gasteiger partial charge in [-0.15, -0.1) is 0 Å². The molecule has 108 valence electrons. The molecule has 0 fully saturated rings. The standard InChI is InChI=1S/C16H23N3O/c1-5-20-16(3,4)10-18-15-8-11(2)19-14-7-6-12(17)9-13(14)15/h6-9H,5,10,17H2,1-4H3,(H,18,19). The van der Waals surface area contributed by atoms with E-state index >= 15 is 0 Å². The van der Waals surface area contributed by atoms with Crippen LogP contribution < -0.4 is 11.1 Å². The molecular formula is C16H23N3O. The van der Waals surface area contributed by atoms with Crippen molar-refractivity contribution in [1.29, 1.82) is 0 Å². The van der Waals surface area contributed by atoms with Crippen molar-refractivity contribution in [3.05, 3.63) is 30.0 Å². The zero-order valence-electron chi connectivity index (χ0n) is 12.7. The average Bonchev–Trinajstić information content (AvgIpc) is 2.36.